The molecule has 206 valence electrons. The molecule has 0 bridgehead atoms. The van der Waals surface area contributed by atoms with Crippen molar-refractivity contribution in [1.29, 1.82) is 0 Å². The molecule has 4 aromatic rings. The summed E-state index contributed by atoms with van der Waals surface area (Å²) in [4.78, 5) is 18.9. The molecule has 1 fully saturated rings. The first-order valence-electron chi connectivity index (χ1n) is 13.4. The van der Waals surface area contributed by atoms with Gasteiger partial charge in [-0.2, -0.15) is 0 Å². The van der Waals surface area contributed by atoms with Crippen molar-refractivity contribution in [1.82, 2.24) is 14.9 Å². The number of hydrogen-bond acceptors (Lipinski definition) is 4. The van der Waals surface area contributed by atoms with E-state index in [0.29, 0.717) is 10.8 Å². The normalized spacial score (nSPS) is 16.8. The number of aryl methyl sites for hydroxylation is 4. The number of ether oxygens (including phenoxy) is 1. The Morgan fingerprint density at radius 3 is 2.35 bits per heavy atom. The monoisotopic (exact) mass is 553 g/mol. The largest absolute Gasteiger partial charge is 0.375 e. The van der Waals surface area contributed by atoms with Crippen molar-refractivity contribution >= 4 is 34.6 Å². The van der Waals surface area contributed by atoms with Crippen LogP contribution in [0.2, 0.25) is 0 Å². The Morgan fingerprint density at radius 2 is 1.73 bits per heavy atom. The van der Waals surface area contributed by atoms with Gasteiger partial charge in [0.05, 0.1) is 23.5 Å². The molecule has 0 spiro atoms. The number of thiocarbonyl (C=S) groups is 1. The van der Waals surface area contributed by atoms with Gasteiger partial charge in [-0.05, 0) is 106 Å². The molecule has 2 N–H and O–H groups in total. The molecule has 1 aliphatic rings. The number of anilines is 2. The Morgan fingerprint density at radius 1 is 1.02 bits per heavy atom. The number of carbonyl (C=O) groups excluding carboxylic acids is 1. The van der Waals surface area contributed by atoms with Gasteiger partial charge in [0.25, 0.3) is 0 Å². The van der Waals surface area contributed by atoms with E-state index in [-0.39, 0.29) is 24.6 Å². The van der Waals surface area contributed by atoms with Crippen LogP contribution in [0.1, 0.15) is 51.4 Å². The van der Waals surface area contributed by atoms with Gasteiger partial charge in [-0.1, -0.05) is 23.8 Å². The van der Waals surface area contributed by atoms with Gasteiger partial charge in [-0.25, -0.2) is 0 Å². The number of rotatable bonds is 7. The summed E-state index contributed by atoms with van der Waals surface area (Å²) in [6, 6.07) is 20.2. The average Bonchev–Trinajstić information content (AvgIpc) is 3.40. The quantitative estimate of drug-likeness (QED) is 0.267. The van der Waals surface area contributed by atoms with E-state index in [9.17, 15) is 4.79 Å². The maximum absolute atomic E-state index is 12.0. The third-order valence-electron chi connectivity index (χ3n) is 7.45. The van der Waals surface area contributed by atoms with Crippen LogP contribution in [0.3, 0.4) is 0 Å². The van der Waals surface area contributed by atoms with Crippen LogP contribution < -0.4 is 15.5 Å². The molecule has 40 heavy (non-hydrogen) atoms. The van der Waals surface area contributed by atoms with Crippen molar-refractivity contribution in [2.24, 2.45) is 0 Å². The van der Waals surface area contributed by atoms with E-state index < -0.39 is 0 Å². The molecule has 3 heterocycles. The highest BCUT2D eigenvalue weighted by atomic mass is 32.1. The van der Waals surface area contributed by atoms with Gasteiger partial charge >= 0.3 is 0 Å². The predicted molar refractivity (Wildman–Crippen MR) is 164 cm³/mol. The van der Waals surface area contributed by atoms with Gasteiger partial charge in [0, 0.05) is 36.1 Å². The van der Waals surface area contributed by atoms with Crippen LogP contribution in [0.25, 0.3) is 5.69 Å². The average molecular weight is 554 g/mol. The number of methoxy groups -OCH3 is 1. The number of amides is 1. The second kappa shape index (κ2) is 11.2. The van der Waals surface area contributed by atoms with Crippen molar-refractivity contribution < 1.29 is 9.53 Å². The minimum Gasteiger partial charge on any atom is -0.375 e. The molecule has 2 atom stereocenters. The van der Waals surface area contributed by atoms with Gasteiger partial charge < -0.3 is 24.8 Å². The molecule has 0 unspecified atom stereocenters. The predicted octanol–water partition coefficient (Wildman–Crippen LogP) is 6.18. The van der Waals surface area contributed by atoms with Crippen LogP contribution in [-0.2, 0) is 9.53 Å². The van der Waals surface area contributed by atoms with Gasteiger partial charge in [0.1, 0.15) is 6.61 Å². The maximum Gasteiger partial charge on any atom is 0.250 e. The lowest BCUT2D eigenvalue weighted by atomic mass is 9.96. The SMILES string of the molecule is COCC(=O)Nc1ccc(N2C(=S)N[C@@H](c3ccccn3)[C@@H]2c2cc(C)n(-c3c(C)cc(C)cc3C)c2C)cc1. The number of nitrogens with zero attached hydrogens (tertiary/aromatic N) is 3. The van der Waals surface area contributed by atoms with E-state index in [1.165, 1.54) is 40.7 Å². The van der Waals surface area contributed by atoms with E-state index in [2.05, 4.69) is 72.9 Å². The second-order valence-corrected chi connectivity index (χ2v) is 10.8. The molecule has 1 saturated heterocycles. The molecule has 2 aromatic heterocycles. The third-order valence-corrected chi connectivity index (χ3v) is 7.77. The fraction of sp³-hybridized carbons (Fsp3) is 0.281. The van der Waals surface area contributed by atoms with Crippen molar-refractivity contribution in [3.05, 3.63) is 106 Å². The molecule has 0 aliphatic carbocycles. The highest BCUT2D eigenvalue weighted by molar-refractivity contribution is 7.80. The first kappa shape index (κ1) is 27.6. The lowest BCUT2D eigenvalue weighted by molar-refractivity contribution is -0.119. The molecule has 7 nitrogen and oxygen atoms in total. The Kier molecular flexibility index (Phi) is 7.74. The Hall–Kier alpha value is -4.01. The summed E-state index contributed by atoms with van der Waals surface area (Å²) in [5.41, 5.74) is 11.0. The molecular formula is C32H35N5O2S. The smallest absolute Gasteiger partial charge is 0.250 e. The second-order valence-electron chi connectivity index (χ2n) is 10.4. The van der Waals surface area contributed by atoms with Crippen molar-refractivity contribution in [3.8, 4) is 5.69 Å². The summed E-state index contributed by atoms with van der Waals surface area (Å²) in [6.07, 6.45) is 1.82. The molecule has 1 amide bonds. The number of carbonyl (C=O) groups is 1. The molecule has 0 saturated carbocycles. The Labute approximate surface area is 241 Å². The third kappa shape index (κ3) is 5.12. The minimum absolute atomic E-state index is 0.00522. The van der Waals surface area contributed by atoms with E-state index in [0.717, 1.165) is 17.1 Å². The van der Waals surface area contributed by atoms with Gasteiger partial charge in [-0.15, -0.1) is 0 Å². The number of benzene rings is 2. The van der Waals surface area contributed by atoms with Crippen molar-refractivity contribution in [2.75, 3.05) is 23.9 Å². The van der Waals surface area contributed by atoms with Crippen LogP contribution in [0.5, 0.6) is 0 Å². The summed E-state index contributed by atoms with van der Waals surface area (Å²) in [5.74, 6) is -0.198. The number of nitrogens with one attached hydrogen (secondary N) is 2. The molecule has 1 aliphatic heterocycles. The van der Waals surface area contributed by atoms with E-state index >= 15 is 0 Å². The molecule has 5 rings (SSSR count). The van der Waals surface area contributed by atoms with Crippen molar-refractivity contribution in [2.45, 2.75) is 46.7 Å². The fourth-order valence-electron chi connectivity index (χ4n) is 5.94. The summed E-state index contributed by atoms with van der Waals surface area (Å²) >= 11 is 5.94. The number of pyridine rings is 1. The van der Waals surface area contributed by atoms with E-state index in [1.807, 2.05) is 48.7 Å². The Balaban J connectivity index is 1.61. The zero-order valence-corrected chi connectivity index (χ0v) is 24.6. The van der Waals surface area contributed by atoms with E-state index in [1.54, 1.807) is 0 Å². The molecule has 8 heteroatoms. The highest BCUT2D eigenvalue weighted by Gasteiger charge is 2.42. The van der Waals surface area contributed by atoms with Crippen LogP contribution in [0, 0.1) is 34.6 Å². The van der Waals surface area contributed by atoms with Crippen LogP contribution in [0.4, 0.5) is 11.4 Å². The fourth-order valence-corrected chi connectivity index (χ4v) is 6.28. The molecular weight excluding hydrogens is 518 g/mol. The Bertz CT molecular complexity index is 1540. The summed E-state index contributed by atoms with van der Waals surface area (Å²) < 4.78 is 7.30. The zero-order chi connectivity index (χ0) is 28.6. The zero-order valence-electron chi connectivity index (χ0n) is 23.8. The minimum atomic E-state index is -0.198. The number of aromatic nitrogens is 2. The van der Waals surface area contributed by atoms with Crippen LogP contribution in [-0.4, -0.2) is 34.3 Å². The van der Waals surface area contributed by atoms with Gasteiger partial charge in [0.15, 0.2) is 5.11 Å². The highest BCUT2D eigenvalue weighted by Crippen LogP contribution is 2.44. The molecule has 0 radical (unpaired) electrons. The maximum atomic E-state index is 12.0. The van der Waals surface area contributed by atoms with Crippen molar-refractivity contribution in [3.63, 3.8) is 0 Å². The molecule has 2 aromatic carbocycles. The summed E-state index contributed by atoms with van der Waals surface area (Å²) in [5, 5.41) is 7.04. The van der Waals surface area contributed by atoms with Gasteiger partial charge in [0.2, 0.25) is 5.91 Å². The standard InChI is InChI=1S/C32H35N5O2S/c1-19-15-20(2)30(21(3)16-19)36-22(4)17-26(23(36)5)31-29(27-9-7-8-14-33-27)35-32(40)37(31)25-12-10-24(11-13-25)34-28(38)18-39-6/h7-17,29,31H,18H2,1-6H3,(H,34,38)(H,35,40)/t29-,31-/m0/s1. The lowest BCUT2D eigenvalue weighted by Gasteiger charge is -2.28. The number of hydrogen-bond donors (Lipinski definition) is 2. The summed E-state index contributed by atoms with van der Waals surface area (Å²) in [6.45, 7) is 10.8. The first-order chi connectivity index (χ1) is 19.2. The van der Waals surface area contributed by atoms with E-state index in [4.69, 9.17) is 21.9 Å². The van der Waals surface area contributed by atoms with Crippen LogP contribution >= 0.6 is 12.2 Å². The van der Waals surface area contributed by atoms with Crippen LogP contribution in [0.15, 0.2) is 66.9 Å². The first-order valence-corrected chi connectivity index (χ1v) is 13.8. The topological polar surface area (TPSA) is 71.4 Å². The van der Waals surface area contributed by atoms with Gasteiger partial charge in [-0.3, -0.25) is 9.78 Å². The lowest BCUT2D eigenvalue weighted by Crippen LogP contribution is -2.29. The summed E-state index contributed by atoms with van der Waals surface area (Å²) in [7, 11) is 1.50.